The van der Waals surface area contributed by atoms with Crippen LogP contribution in [0.5, 0.6) is 0 Å². The number of rotatable bonds is 5. The lowest BCUT2D eigenvalue weighted by Crippen LogP contribution is -2.34. The van der Waals surface area contributed by atoms with E-state index >= 15 is 0 Å². The topological polar surface area (TPSA) is 3.24 Å². The van der Waals surface area contributed by atoms with Crippen LogP contribution in [-0.4, -0.2) is 25.0 Å². The minimum Gasteiger partial charge on any atom is -0.306 e. The summed E-state index contributed by atoms with van der Waals surface area (Å²) in [6.45, 7) is 2.17. The molecule has 0 unspecified atom stereocenters. The minimum absolute atomic E-state index is 0.248. The third kappa shape index (κ3) is 4.10. The molecule has 5 radical (unpaired) electrons. The number of benzene rings is 2. The standard InChI is InChI=1S/C21H21F2NP/c1-15(24(2)3)20-5-4-6-21(20)25(18-11-7-16(22)8-12-18)19-13-9-17(23)10-14-19/h4-15H,1-3H3/t15-/m1/s1. The molecule has 25 heavy (non-hydrogen) atoms. The molecule has 1 aliphatic carbocycles. The summed E-state index contributed by atoms with van der Waals surface area (Å²) in [7, 11) is 3.24. The highest BCUT2D eigenvalue weighted by molar-refractivity contribution is 7.76. The van der Waals surface area contributed by atoms with Crippen molar-refractivity contribution >= 4 is 18.5 Å². The van der Waals surface area contributed by atoms with Gasteiger partial charge in [-0.1, -0.05) is 24.3 Å². The molecule has 0 aliphatic heterocycles. The van der Waals surface area contributed by atoms with Crippen molar-refractivity contribution in [2.45, 2.75) is 13.0 Å². The molecule has 0 spiro atoms. The highest BCUT2D eigenvalue weighted by atomic mass is 31.1. The average Bonchev–Trinajstić information content (AvgIpc) is 3.07. The summed E-state index contributed by atoms with van der Waals surface area (Å²) in [6, 6.07) is 13.6. The van der Waals surface area contributed by atoms with Gasteiger partial charge in [0, 0.05) is 17.6 Å². The first-order valence-electron chi connectivity index (χ1n) is 8.20. The monoisotopic (exact) mass is 356 g/mol. The zero-order chi connectivity index (χ0) is 18.0. The lowest BCUT2D eigenvalue weighted by molar-refractivity contribution is 0.333. The van der Waals surface area contributed by atoms with Crippen molar-refractivity contribution in [3.8, 4) is 0 Å². The summed E-state index contributed by atoms with van der Waals surface area (Å²) in [5, 5.41) is 2.11. The van der Waals surface area contributed by atoms with Crippen LogP contribution >= 0.6 is 7.92 Å². The first-order valence-corrected chi connectivity index (χ1v) is 9.55. The van der Waals surface area contributed by atoms with E-state index in [1.54, 1.807) is 0 Å². The maximum atomic E-state index is 13.4. The Balaban J connectivity index is 2.01. The molecule has 0 amide bonds. The fourth-order valence-electron chi connectivity index (χ4n) is 2.87. The van der Waals surface area contributed by atoms with Gasteiger partial charge in [0.05, 0.1) is 0 Å². The van der Waals surface area contributed by atoms with Crippen LogP contribution < -0.4 is 10.6 Å². The predicted molar refractivity (Wildman–Crippen MR) is 102 cm³/mol. The molecule has 0 saturated heterocycles. The smallest absolute Gasteiger partial charge is 0.123 e. The zero-order valence-corrected chi connectivity index (χ0v) is 15.5. The maximum absolute atomic E-state index is 13.4. The van der Waals surface area contributed by atoms with Gasteiger partial charge in [0.25, 0.3) is 0 Å². The zero-order valence-electron chi connectivity index (χ0n) is 14.6. The molecule has 0 N–H and O–H groups in total. The van der Waals surface area contributed by atoms with E-state index in [1.807, 2.05) is 24.3 Å². The van der Waals surface area contributed by atoms with Gasteiger partial charge in [-0.2, -0.15) is 0 Å². The van der Waals surface area contributed by atoms with Crippen molar-refractivity contribution in [1.82, 2.24) is 4.90 Å². The van der Waals surface area contributed by atoms with Crippen LogP contribution in [-0.2, 0) is 0 Å². The second-order valence-electron chi connectivity index (χ2n) is 6.29. The molecule has 129 valence electrons. The quantitative estimate of drug-likeness (QED) is 0.730. The Morgan fingerprint density at radius 1 is 0.800 bits per heavy atom. The summed E-state index contributed by atoms with van der Waals surface area (Å²) in [6.07, 6.45) is 6.34. The van der Waals surface area contributed by atoms with Crippen molar-refractivity contribution in [1.29, 1.82) is 0 Å². The fourth-order valence-corrected chi connectivity index (χ4v) is 5.37. The van der Waals surface area contributed by atoms with E-state index in [1.165, 1.54) is 35.8 Å². The van der Waals surface area contributed by atoms with E-state index in [-0.39, 0.29) is 17.7 Å². The van der Waals surface area contributed by atoms with E-state index in [9.17, 15) is 8.78 Å². The first-order chi connectivity index (χ1) is 12.0. The molecule has 3 rings (SSSR count). The van der Waals surface area contributed by atoms with E-state index in [0.717, 1.165) is 10.6 Å². The molecular weight excluding hydrogens is 335 g/mol. The summed E-state index contributed by atoms with van der Waals surface area (Å²) in [5.41, 5.74) is 1.23. The van der Waals surface area contributed by atoms with Crippen molar-refractivity contribution in [2.75, 3.05) is 14.1 Å². The normalized spacial score (nSPS) is 17.6. The average molecular weight is 356 g/mol. The van der Waals surface area contributed by atoms with Gasteiger partial charge >= 0.3 is 0 Å². The molecule has 0 aromatic heterocycles. The van der Waals surface area contributed by atoms with Crippen LogP contribution in [0, 0.1) is 42.5 Å². The van der Waals surface area contributed by atoms with Crippen molar-refractivity contribution < 1.29 is 8.78 Å². The fraction of sp³-hybridized carbons (Fsp3) is 0.190. The highest BCUT2D eigenvalue weighted by Gasteiger charge is 2.40. The van der Waals surface area contributed by atoms with Crippen LogP contribution in [0.4, 0.5) is 8.78 Å². The first kappa shape index (κ1) is 18.5. The Morgan fingerprint density at radius 2 is 1.28 bits per heavy atom. The van der Waals surface area contributed by atoms with Crippen molar-refractivity contribution in [2.24, 2.45) is 0 Å². The summed E-state index contributed by atoms with van der Waals surface area (Å²) < 4.78 is 26.8. The Morgan fingerprint density at radius 3 is 1.72 bits per heavy atom. The van der Waals surface area contributed by atoms with Gasteiger partial charge < -0.3 is 4.90 Å². The second kappa shape index (κ2) is 7.93. The van der Waals surface area contributed by atoms with Gasteiger partial charge in [-0.3, -0.25) is 0 Å². The second-order valence-corrected chi connectivity index (χ2v) is 8.48. The summed E-state index contributed by atoms with van der Waals surface area (Å²) in [4.78, 5) is 2.17. The molecule has 1 atom stereocenters. The lowest BCUT2D eigenvalue weighted by atomic mass is 9.98. The molecule has 4 heteroatoms. The number of nitrogens with zero attached hydrogens (tertiary/aromatic N) is 1. The van der Waals surface area contributed by atoms with Gasteiger partial charge in [0.1, 0.15) is 11.6 Å². The predicted octanol–water partition coefficient (Wildman–Crippen LogP) is 4.08. The van der Waals surface area contributed by atoms with Crippen LogP contribution in [0.25, 0.3) is 0 Å². The molecule has 1 aliphatic rings. The Hall–Kier alpha value is -1.31. The van der Waals surface area contributed by atoms with Gasteiger partial charge in [-0.25, -0.2) is 8.78 Å². The molecular formula is C21H21F2NP. The van der Waals surface area contributed by atoms with Crippen LogP contribution in [0.1, 0.15) is 6.92 Å². The molecule has 1 saturated carbocycles. The van der Waals surface area contributed by atoms with Crippen LogP contribution in [0.15, 0.2) is 48.5 Å². The van der Waals surface area contributed by atoms with Gasteiger partial charge in [-0.15, -0.1) is 0 Å². The van der Waals surface area contributed by atoms with E-state index < -0.39 is 7.92 Å². The molecule has 0 bridgehead atoms. The molecule has 1 nitrogen and oxygen atoms in total. The van der Waals surface area contributed by atoms with E-state index in [4.69, 9.17) is 0 Å². The van der Waals surface area contributed by atoms with Crippen LogP contribution in [0.3, 0.4) is 0 Å². The van der Waals surface area contributed by atoms with E-state index in [0.29, 0.717) is 0 Å². The van der Waals surface area contributed by atoms with Crippen molar-refractivity contribution in [3.05, 3.63) is 91.0 Å². The SMILES string of the molecule is C[C@H]([C]1[CH][CH][CH][C]1P(c1ccc(F)cc1)c1ccc(F)cc1)N(C)C. The number of hydrogen-bond donors (Lipinski definition) is 0. The van der Waals surface area contributed by atoms with Gasteiger partial charge in [-0.05, 0) is 83.1 Å². The summed E-state index contributed by atoms with van der Waals surface area (Å²) in [5.74, 6) is 0.758. The lowest BCUT2D eigenvalue weighted by Gasteiger charge is -2.34. The minimum atomic E-state index is -0.872. The third-order valence-corrected chi connectivity index (χ3v) is 6.98. The Labute approximate surface area is 150 Å². The van der Waals surface area contributed by atoms with Gasteiger partial charge in [0.15, 0.2) is 0 Å². The van der Waals surface area contributed by atoms with Crippen LogP contribution in [0.2, 0.25) is 0 Å². The highest BCUT2D eigenvalue weighted by Crippen LogP contribution is 2.57. The van der Waals surface area contributed by atoms with Crippen molar-refractivity contribution in [3.63, 3.8) is 0 Å². The Kier molecular flexibility index (Phi) is 5.86. The molecule has 2 aromatic carbocycles. The molecule has 2 aromatic rings. The van der Waals surface area contributed by atoms with E-state index in [2.05, 4.69) is 45.2 Å². The maximum Gasteiger partial charge on any atom is 0.123 e. The number of halogens is 2. The largest absolute Gasteiger partial charge is 0.306 e. The number of hydrogen-bond acceptors (Lipinski definition) is 1. The molecule has 0 heterocycles. The molecule has 1 fully saturated rings. The third-order valence-electron chi connectivity index (χ3n) is 4.46. The van der Waals surface area contributed by atoms with Gasteiger partial charge in [0.2, 0.25) is 0 Å². The Bertz CT molecular complexity index is 639. The summed E-state index contributed by atoms with van der Waals surface area (Å²) >= 11 is 0.